The predicted molar refractivity (Wildman–Crippen MR) is 108 cm³/mol. The SMILES string of the molecule is CS(=O)(=O)c1ccc(-c2ccc(NC(=O)c3ccccc3I)cc2)nn1. The molecule has 1 aromatic heterocycles. The van der Waals surface area contributed by atoms with Crippen LogP contribution in [0.4, 0.5) is 5.69 Å². The van der Waals surface area contributed by atoms with Crippen molar-refractivity contribution in [1.82, 2.24) is 10.2 Å². The number of hydrogen-bond acceptors (Lipinski definition) is 5. The number of carbonyl (C=O) groups excluding carboxylic acids is 1. The van der Waals surface area contributed by atoms with Crippen LogP contribution in [0.3, 0.4) is 0 Å². The second-order valence-corrected chi connectivity index (χ2v) is 8.67. The van der Waals surface area contributed by atoms with Gasteiger partial charge in [-0.25, -0.2) is 8.42 Å². The lowest BCUT2D eigenvalue weighted by atomic mass is 10.1. The number of anilines is 1. The van der Waals surface area contributed by atoms with Crippen LogP contribution in [0.2, 0.25) is 0 Å². The first-order valence-corrected chi connectivity index (χ1v) is 10.5. The molecule has 3 rings (SSSR count). The molecular formula is C18H14IN3O3S. The van der Waals surface area contributed by atoms with Gasteiger partial charge in [-0.3, -0.25) is 4.79 Å². The van der Waals surface area contributed by atoms with Gasteiger partial charge in [0.25, 0.3) is 5.91 Å². The molecule has 1 N–H and O–H groups in total. The van der Waals surface area contributed by atoms with Crippen molar-refractivity contribution in [2.75, 3.05) is 11.6 Å². The molecule has 1 heterocycles. The summed E-state index contributed by atoms with van der Waals surface area (Å²) in [6.07, 6.45) is 1.09. The number of amides is 1. The minimum Gasteiger partial charge on any atom is -0.322 e. The molecular weight excluding hydrogens is 465 g/mol. The average Bonchev–Trinajstić information content (AvgIpc) is 2.62. The van der Waals surface area contributed by atoms with Gasteiger partial charge < -0.3 is 5.32 Å². The van der Waals surface area contributed by atoms with Gasteiger partial charge in [-0.1, -0.05) is 24.3 Å². The van der Waals surface area contributed by atoms with Gasteiger partial charge in [-0.15, -0.1) is 10.2 Å². The minimum absolute atomic E-state index is 0.0670. The number of halogens is 1. The van der Waals surface area contributed by atoms with Gasteiger partial charge in [0.1, 0.15) is 0 Å². The number of aromatic nitrogens is 2. The Balaban J connectivity index is 1.76. The summed E-state index contributed by atoms with van der Waals surface area (Å²) in [4.78, 5) is 12.3. The molecule has 0 unspecified atom stereocenters. The molecule has 0 fully saturated rings. The van der Waals surface area contributed by atoms with Crippen LogP contribution < -0.4 is 5.32 Å². The van der Waals surface area contributed by atoms with E-state index in [0.29, 0.717) is 16.9 Å². The van der Waals surface area contributed by atoms with Crippen molar-refractivity contribution in [2.24, 2.45) is 0 Å². The molecule has 0 spiro atoms. The summed E-state index contributed by atoms with van der Waals surface area (Å²) in [5.74, 6) is -0.181. The van der Waals surface area contributed by atoms with Crippen LogP contribution in [-0.4, -0.2) is 30.8 Å². The van der Waals surface area contributed by atoms with E-state index in [1.165, 1.54) is 6.07 Å². The Morgan fingerprint density at radius 1 is 0.962 bits per heavy atom. The highest BCUT2D eigenvalue weighted by Gasteiger charge is 2.11. The normalized spacial score (nSPS) is 11.2. The van der Waals surface area contributed by atoms with E-state index in [1.54, 1.807) is 36.4 Å². The zero-order chi connectivity index (χ0) is 18.7. The third kappa shape index (κ3) is 4.25. The molecule has 6 nitrogen and oxygen atoms in total. The van der Waals surface area contributed by atoms with E-state index < -0.39 is 9.84 Å². The maximum absolute atomic E-state index is 12.3. The van der Waals surface area contributed by atoms with Gasteiger partial charge in [-0.05, 0) is 59.0 Å². The van der Waals surface area contributed by atoms with Crippen molar-refractivity contribution in [1.29, 1.82) is 0 Å². The molecule has 132 valence electrons. The summed E-state index contributed by atoms with van der Waals surface area (Å²) in [6.45, 7) is 0. The van der Waals surface area contributed by atoms with Crippen molar-refractivity contribution in [2.45, 2.75) is 5.03 Å². The van der Waals surface area contributed by atoms with Gasteiger partial charge in [0.05, 0.1) is 11.3 Å². The summed E-state index contributed by atoms with van der Waals surface area (Å²) in [5.41, 5.74) is 2.58. The van der Waals surface area contributed by atoms with E-state index in [4.69, 9.17) is 0 Å². The van der Waals surface area contributed by atoms with Crippen LogP contribution in [0.15, 0.2) is 65.7 Å². The summed E-state index contributed by atoms with van der Waals surface area (Å²) in [6, 6.07) is 17.5. The molecule has 0 saturated heterocycles. The lowest BCUT2D eigenvalue weighted by molar-refractivity contribution is 0.102. The number of nitrogens with zero attached hydrogens (tertiary/aromatic N) is 2. The van der Waals surface area contributed by atoms with Crippen LogP contribution in [0.5, 0.6) is 0 Å². The molecule has 8 heteroatoms. The smallest absolute Gasteiger partial charge is 0.256 e. The number of rotatable bonds is 4. The largest absolute Gasteiger partial charge is 0.322 e. The molecule has 0 atom stereocenters. The van der Waals surface area contributed by atoms with E-state index in [-0.39, 0.29) is 10.9 Å². The highest BCUT2D eigenvalue weighted by molar-refractivity contribution is 14.1. The molecule has 1 amide bonds. The van der Waals surface area contributed by atoms with E-state index in [2.05, 4.69) is 38.1 Å². The first-order valence-electron chi connectivity index (χ1n) is 7.55. The Hall–Kier alpha value is -2.33. The summed E-state index contributed by atoms with van der Waals surface area (Å²) in [5, 5.41) is 10.5. The Kier molecular flexibility index (Phi) is 5.33. The zero-order valence-electron chi connectivity index (χ0n) is 13.7. The molecule has 0 aliphatic heterocycles. The molecule has 0 aliphatic rings. The fourth-order valence-corrected chi connectivity index (χ4v) is 3.38. The molecule has 0 bridgehead atoms. The van der Waals surface area contributed by atoms with E-state index in [1.807, 2.05) is 18.2 Å². The zero-order valence-corrected chi connectivity index (χ0v) is 16.7. The van der Waals surface area contributed by atoms with Crippen LogP contribution >= 0.6 is 22.6 Å². The molecule has 0 saturated carbocycles. The van der Waals surface area contributed by atoms with E-state index in [9.17, 15) is 13.2 Å². The second-order valence-electron chi connectivity index (χ2n) is 5.54. The highest BCUT2D eigenvalue weighted by Crippen LogP contribution is 2.21. The fraction of sp³-hybridized carbons (Fsp3) is 0.0556. The molecule has 3 aromatic rings. The van der Waals surface area contributed by atoms with Gasteiger partial charge in [0.15, 0.2) is 14.9 Å². The Labute approximate surface area is 164 Å². The Morgan fingerprint density at radius 2 is 1.65 bits per heavy atom. The third-order valence-electron chi connectivity index (χ3n) is 3.58. The van der Waals surface area contributed by atoms with Crippen LogP contribution in [0, 0.1) is 3.57 Å². The highest BCUT2D eigenvalue weighted by atomic mass is 127. The Bertz CT molecular complexity index is 1050. The molecule has 26 heavy (non-hydrogen) atoms. The van der Waals surface area contributed by atoms with E-state index >= 15 is 0 Å². The van der Waals surface area contributed by atoms with Gasteiger partial charge in [0.2, 0.25) is 0 Å². The van der Waals surface area contributed by atoms with Crippen molar-refractivity contribution in [3.05, 3.63) is 69.8 Å². The number of benzene rings is 2. The van der Waals surface area contributed by atoms with Crippen LogP contribution in [0.1, 0.15) is 10.4 Å². The number of sulfone groups is 1. The first-order chi connectivity index (χ1) is 12.3. The summed E-state index contributed by atoms with van der Waals surface area (Å²) < 4.78 is 23.7. The van der Waals surface area contributed by atoms with Crippen LogP contribution in [0.25, 0.3) is 11.3 Å². The van der Waals surface area contributed by atoms with Gasteiger partial charge in [0, 0.05) is 21.1 Å². The lowest BCUT2D eigenvalue weighted by Crippen LogP contribution is -2.13. The third-order valence-corrected chi connectivity index (χ3v) is 5.50. The maximum Gasteiger partial charge on any atom is 0.256 e. The molecule has 2 aromatic carbocycles. The maximum atomic E-state index is 12.3. The van der Waals surface area contributed by atoms with Crippen LogP contribution in [-0.2, 0) is 9.84 Å². The van der Waals surface area contributed by atoms with Crippen molar-refractivity contribution < 1.29 is 13.2 Å². The van der Waals surface area contributed by atoms with Crippen molar-refractivity contribution >= 4 is 44.0 Å². The van der Waals surface area contributed by atoms with Gasteiger partial charge in [-0.2, -0.15) is 0 Å². The quantitative estimate of drug-likeness (QED) is 0.580. The Morgan fingerprint density at radius 3 is 2.23 bits per heavy atom. The summed E-state index contributed by atoms with van der Waals surface area (Å²) in [7, 11) is -3.37. The predicted octanol–water partition coefficient (Wildman–Crippen LogP) is 3.40. The van der Waals surface area contributed by atoms with Gasteiger partial charge >= 0.3 is 0 Å². The first kappa shape index (κ1) is 18.5. The standard InChI is InChI=1S/C18H14IN3O3S/c1-26(24,25)17-11-10-16(21-22-17)12-6-8-13(9-7-12)20-18(23)14-4-2-3-5-15(14)19/h2-11H,1H3,(H,20,23). The number of hydrogen-bond donors (Lipinski definition) is 1. The minimum atomic E-state index is -3.37. The monoisotopic (exact) mass is 479 g/mol. The summed E-state index contributed by atoms with van der Waals surface area (Å²) >= 11 is 2.12. The van der Waals surface area contributed by atoms with E-state index in [0.717, 1.165) is 15.4 Å². The topological polar surface area (TPSA) is 89.0 Å². The number of nitrogens with one attached hydrogen (secondary N) is 1. The molecule has 0 aliphatic carbocycles. The molecule has 0 radical (unpaired) electrons. The van der Waals surface area contributed by atoms with Crippen molar-refractivity contribution in [3.8, 4) is 11.3 Å². The second kappa shape index (κ2) is 7.50. The fourth-order valence-electron chi connectivity index (χ4n) is 2.24. The average molecular weight is 479 g/mol. The number of carbonyl (C=O) groups is 1. The lowest BCUT2D eigenvalue weighted by Gasteiger charge is -2.08. The van der Waals surface area contributed by atoms with Crippen molar-refractivity contribution in [3.63, 3.8) is 0 Å².